The maximum Gasteiger partial charge on any atom is 0.261 e. The number of hydrogen-bond donors (Lipinski definition) is 0. The normalized spacial score (nSPS) is 14.0. The Bertz CT molecular complexity index is 992. The Balaban J connectivity index is 1.46. The van der Waals surface area contributed by atoms with Crippen molar-refractivity contribution < 1.29 is 9.59 Å². The van der Waals surface area contributed by atoms with Crippen molar-refractivity contribution in [2.24, 2.45) is 0 Å². The van der Waals surface area contributed by atoms with E-state index in [9.17, 15) is 9.59 Å². The van der Waals surface area contributed by atoms with Gasteiger partial charge in [0.1, 0.15) is 11.8 Å². The van der Waals surface area contributed by atoms with Gasteiger partial charge >= 0.3 is 0 Å². The molecule has 25 heavy (non-hydrogen) atoms. The molecule has 0 fully saturated rings. The van der Waals surface area contributed by atoms with Crippen molar-refractivity contribution in [2.45, 2.75) is 6.54 Å². The summed E-state index contributed by atoms with van der Waals surface area (Å²) < 4.78 is 1.81. The number of aromatic nitrogens is 4. The van der Waals surface area contributed by atoms with Crippen LogP contribution >= 0.6 is 11.6 Å². The highest BCUT2D eigenvalue weighted by atomic mass is 35.5. The monoisotopic (exact) mass is 353 g/mol. The molecule has 0 unspecified atom stereocenters. The van der Waals surface area contributed by atoms with Gasteiger partial charge in [-0.2, -0.15) is 0 Å². The van der Waals surface area contributed by atoms with Crippen LogP contribution in [0.3, 0.4) is 0 Å². The summed E-state index contributed by atoms with van der Waals surface area (Å²) in [4.78, 5) is 38.0. The van der Waals surface area contributed by atoms with Crippen LogP contribution in [0.15, 0.2) is 49.1 Å². The third kappa shape index (κ3) is 2.58. The largest absolute Gasteiger partial charge is 0.311 e. The molecule has 1 aromatic carbocycles. The molecule has 0 radical (unpaired) electrons. The van der Waals surface area contributed by atoms with Crippen molar-refractivity contribution in [3.8, 4) is 0 Å². The van der Waals surface area contributed by atoms with Crippen molar-refractivity contribution in [1.82, 2.24) is 24.4 Å². The second-order valence-corrected chi connectivity index (χ2v) is 5.83. The fraction of sp³-hybridized carbons (Fsp3) is 0.118. The van der Waals surface area contributed by atoms with Crippen LogP contribution in [-0.2, 0) is 6.54 Å². The number of carbonyl (C=O) groups excluding carboxylic acids is 2. The summed E-state index contributed by atoms with van der Waals surface area (Å²) in [6, 6.07) is 6.84. The van der Waals surface area contributed by atoms with E-state index in [0.717, 1.165) is 0 Å². The fourth-order valence-electron chi connectivity index (χ4n) is 2.76. The third-order valence-corrected chi connectivity index (χ3v) is 4.27. The highest BCUT2D eigenvalue weighted by Crippen LogP contribution is 2.22. The molecule has 3 heterocycles. The first-order valence-corrected chi connectivity index (χ1v) is 7.96. The van der Waals surface area contributed by atoms with Crippen LogP contribution in [0.25, 0.3) is 11.2 Å². The molecule has 2 amide bonds. The van der Waals surface area contributed by atoms with Crippen molar-refractivity contribution >= 4 is 34.6 Å². The van der Waals surface area contributed by atoms with E-state index in [0.29, 0.717) is 34.0 Å². The second kappa shape index (κ2) is 6.10. The van der Waals surface area contributed by atoms with E-state index in [4.69, 9.17) is 11.6 Å². The molecule has 3 aromatic rings. The van der Waals surface area contributed by atoms with E-state index in [2.05, 4.69) is 15.0 Å². The zero-order valence-corrected chi connectivity index (χ0v) is 13.7. The average molecular weight is 354 g/mol. The molecule has 124 valence electrons. The van der Waals surface area contributed by atoms with Crippen molar-refractivity contribution in [3.05, 3.63) is 65.4 Å². The summed E-state index contributed by atoms with van der Waals surface area (Å²) in [5.74, 6) is -0.532. The maximum atomic E-state index is 12.3. The highest BCUT2D eigenvalue weighted by molar-refractivity contribution is 6.33. The molecule has 0 aliphatic carbocycles. The summed E-state index contributed by atoms with van der Waals surface area (Å²) >= 11 is 5.97. The van der Waals surface area contributed by atoms with Gasteiger partial charge in [-0.05, 0) is 12.1 Å². The smallest absolute Gasteiger partial charge is 0.261 e. The molecule has 1 aliphatic heterocycles. The molecular formula is C17H12ClN5O2. The topological polar surface area (TPSA) is 81.0 Å². The summed E-state index contributed by atoms with van der Waals surface area (Å²) in [7, 11) is 0. The molecule has 0 N–H and O–H groups in total. The van der Waals surface area contributed by atoms with E-state index >= 15 is 0 Å². The summed E-state index contributed by atoms with van der Waals surface area (Å²) in [6.07, 6.45) is 6.62. The Labute approximate surface area is 147 Å². The number of carbonyl (C=O) groups is 2. The number of fused-ring (bicyclic) bond motifs is 2. The summed E-state index contributed by atoms with van der Waals surface area (Å²) in [5, 5.41) is 0.304. The van der Waals surface area contributed by atoms with Crippen molar-refractivity contribution in [1.29, 1.82) is 0 Å². The predicted molar refractivity (Wildman–Crippen MR) is 91.3 cm³/mol. The molecule has 1 aliphatic rings. The van der Waals surface area contributed by atoms with Gasteiger partial charge in [-0.3, -0.25) is 14.5 Å². The van der Waals surface area contributed by atoms with Crippen LogP contribution in [0.1, 0.15) is 20.7 Å². The number of hydrogen-bond acceptors (Lipinski definition) is 5. The molecule has 7 nitrogen and oxygen atoms in total. The Hall–Kier alpha value is -3.06. The standard InChI is InChI=1S/C17H12ClN5O2/c18-14-13-15(20-9-19-14)22(10-21-13)7-3-4-8-23-16(24)11-5-1-2-6-12(11)17(23)25/h1-6,9-10H,7-8H2/b4-3+. The SMILES string of the molecule is O=C1c2ccccc2C(=O)N1C/C=C/Cn1cnc2c(Cl)ncnc21. The Morgan fingerprint density at radius 1 is 0.960 bits per heavy atom. The van der Waals surface area contributed by atoms with Gasteiger partial charge in [0.2, 0.25) is 0 Å². The molecule has 0 saturated carbocycles. The Morgan fingerprint density at radius 2 is 1.64 bits per heavy atom. The van der Waals surface area contributed by atoms with Gasteiger partial charge in [0, 0.05) is 13.1 Å². The molecule has 8 heteroatoms. The van der Waals surface area contributed by atoms with E-state index in [1.165, 1.54) is 11.2 Å². The number of benzene rings is 1. The number of rotatable bonds is 4. The van der Waals surface area contributed by atoms with E-state index in [-0.39, 0.29) is 18.4 Å². The van der Waals surface area contributed by atoms with Gasteiger partial charge in [0.15, 0.2) is 10.8 Å². The van der Waals surface area contributed by atoms with Gasteiger partial charge in [-0.1, -0.05) is 35.9 Å². The predicted octanol–water partition coefficient (Wildman–Crippen LogP) is 2.33. The van der Waals surface area contributed by atoms with Gasteiger partial charge in [0.25, 0.3) is 11.8 Å². The molecule has 2 aromatic heterocycles. The Morgan fingerprint density at radius 3 is 2.36 bits per heavy atom. The molecular weight excluding hydrogens is 342 g/mol. The van der Waals surface area contributed by atoms with Gasteiger partial charge in [-0.25, -0.2) is 15.0 Å². The van der Waals surface area contributed by atoms with E-state index < -0.39 is 0 Å². The quantitative estimate of drug-likeness (QED) is 0.408. The second-order valence-electron chi connectivity index (χ2n) is 5.47. The maximum absolute atomic E-state index is 12.3. The minimum Gasteiger partial charge on any atom is -0.311 e. The van der Waals surface area contributed by atoms with Crippen LogP contribution in [0, 0.1) is 0 Å². The lowest BCUT2D eigenvalue weighted by Crippen LogP contribution is -2.29. The molecule has 0 spiro atoms. The molecule has 0 atom stereocenters. The van der Waals surface area contributed by atoms with Crippen LogP contribution in [0.4, 0.5) is 0 Å². The molecule has 0 bridgehead atoms. The lowest BCUT2D eigenvalue weighted by atomic mass is 10.1. The first-order valence-electron chi connectivity index (χ1n) is 7.58. The number of nitrogens with zero attached hydrogens (tertiary/aromatic N) is 5. The van der Waals surface area contributed by atoms with Gasteiger partial charge < -0.3 is 4.57 Å². The van der Waals surface area contributed by atoms with Crippen molar-refractivity contribution in [2.75, 3.05) is 6.54 Å². The van der Waals surface area contributed by atoms with Gasteiger partial charge in [0.05, 0.1) is 17.5 Å². The summed E-state index contributed by atoms with van der Waals surface area (Å²) in [6.45, 7) is 0.710. The third-order valence-electron chi connectivity index (χ3n) is 3.99. The first kappa shape index (κ1) is 15.5. The zero-order chi connectivity index (χ0) is 17.4. The van der Waals surface area contributed by atoms with Crippen molar-refractivity contribution in [3.63, 3.8) is 0 Å². The van der Waals surface area contributed by atoms with Crippen LogP contribution in [0.2, 0.25) is 5.15 Å². The van der Waals surface area contributed by atoms with E-state index in [1.54, 1.807) is 36.7 Å². The number of imidazole rings is 1. The van der Waals surface area contributed by atoms with Gasteiger partial charge in [-0.15, -0.1) is 0 Å². The van der Waals surface area contributed by atoms with Crippen LogP contribution < -0.4 is 0 Å². The fourth-order valence-corrected chi connectivity index (χ4v) is 2.94. The van der Waals surface area contributed by atoms with Crippen LogP contribution in [0.5, 0.6) is 0 Å². The van der Waals surface area contributed by atoms with Crippen LogP contribution in [-0.4, -0.2) is 42.8 Å². The summed E-state index contributed by atoms with van der Waals surface area (Å²) in [5.41, 5.74) is 2.07. The number of amides is 2. The van der Waals surface area contributed by atoms with E-state index in [1.807, 2.05) is 10.6 Å². The zero-order valence-electron chi connectivity index (χ0n) is 13.0. The highest BCUT2D eigenvalue weighted by Gasteiger charge is 2.33. The Kier molecular flexibility index (Phi) is 3.77. The lowest BCUT2D eigenvalue weighted by Gasteiger charge is -2.10. The molecule has 0 saturated heterocycles. The lowest BCUT2D eigenvalue weighted by molar-refractivity contribution is 0.0672. The average Bonchev–Trinajstić information content (AvgIpc) is 3.14. The minimum atomic E-state index is -0.266. The number of halogens is 1. The number of imide groups is 1. The minimum absolute atomic E-state index is 0.217. The molecule has 4 rings (SSSR count). The number of allylic oxidation sites excluding steroid dienone is 1. The first-order chi connectivity index (χ1) is 12.2.